The molecule has 2 atom stereocenters. The summed E-state index contributed by atoms with van der Waals surface area (Å²) in [6, 6.07) is 1.55. The molecule has 1 heterocycles. The van der Waals surface area contributed by atoms with Crippen LogP contribution in [-0.4, -0.2) is 48.7 Å². The zero-order valence-corrected chi connectivity index (χ0v) is 12.6. The number of hydrogen-bond donors (Lipinski definition) is 1. The topological polar surface area (TPSA) is 65.4 Å². The SMILES string of the molecule is C#C[C@H]1CC[C@H](C#N)N1C(=O)CNC1(COC)CCCC1. The van der Waals surface area contributed by atoms with Crippen LogP contribution in [0.4, 0.5) is 0 Å². The first kappa shape index (κ1) is 15.8. The number of terminal acetylenes is 1. The molecule has 1 aliphatic heterocycles. The lowest BCUT2D eigenvalue weighted by molar-refractivity contribution is -0.131. The van der Waals surface area contributed by atoms with Crippen molar-refractivity contribution < 1.29 is 9.53 Å². The van der Waals surface area contributed by atoms with Crippen molar-refractivity contribution in [3.8, 4) is 18.4 Å². The van der Waals surface area contributed by atoms with E-state index in [9.17, 15) is 4.79 Å². The second-order valence-corrected chi connectivity index (χ2v) is 5.98. The van der Waals surface area contributed by atoms with Crippen LogP contribution < -0.4 is 5.32 Å². The smallest absolute Gasteiger partial charge is 0.238 e. The number of carbonyl (C=O) groups is 1. The van der Waals surface area contributed by atoms with Gasteiger partial charge in [-0.2, -0.15) is 5.26 Å². The molecule has 1 aliphatic carbocycles. The third kappa shape index (κ3) is 3.37. The quantitative estimate of drug-likeness (QED) is 0.768. The minimum Gasteiger partial charge on any atom is -0.383 e. The predicted molar refractivity (Wildman–Crippen MR) is 79.2 cm³/mol. The maximum atomic E-state index is 12.5. The van der Waals surface area contributed by atoms with E-state index in [0.29, 0.717) is 19.4 Å². The number of methoxy groups -OCH3 is 1. The molecule has 0 bridgehead atoms. The van der Waals surface area contributed by atoms with Gasteiger partial charge >= 0.3 is 0 Å². The van der Waals surface area contributed by atoms with E-state index in [0.717, 1.165) is 25.7 Å². The van der Waals surface area contributed by atoms with Gasteiger partial charge in [-0.25, -0.2) is 0 Å². The Morgan fingerprint density at radius 1 is 1.43 bits per heavy atom. The van der Waals surface area contributed by atoms with Crippen molar-refractivity contribution in [1.82, 2.24) is 10.2 Å². The molecule has 0 aromatic carbocycles. The maximum Gasteiger partial charge on any atom is 0.238 e. The van der Waals surface area contributed by atoms with E-state index in [1.165, 1.54) is 0 Å². The molecular formula is C16H23N3O2. The highest BCUT2D eigenvalue weighted by atomic mass is 16.5. The van der Waals surface area contributed by atoms with Crippen LogP contribution in [0.5, 0.6) is 0 Å². The standard InChI is InChI=1S/C16H23N3O2/c1-3-13-6-7-14(10-17)19(13)15(20)11-18-16(12-21-2)8-4-5-9-16/h1,13-14,18H,4-9,11-12H2,2H3/t13-,14+/m0/s1. The lowest BCUT2D eigenvalue weighted by Crippen LogP contribution is -2.52. The molecule has 0 aromatic rings. The fraction of sp³-hybridized carbons (Fsp3) is 0.750. The van der Waals surface area contributed by atoms with E-state index in [4.69, 9.17) is 16.4 Å². The van der Waals surface area contributed by atoms with Gasteiger partial charge in [-0.15, -0.1) is 6.42 Å². The van der Waals surface area contributed by atoms with Crippen LogP contribution in [0.25, 0.3) is 0 Å². The van der Waals surface area contributed by atoms with Crippen LogP contribution in [0.3, 0.4) is 0 Å². The molecule has 2 rings (SSSR count). The molecule has 114 valence electrons. The first-order chi connectivity index (χ1) is 10.2. The number of nitrogens with zero attached hydrogens (tertiary/aromatic N) is 2. The summed E-state index contributed by atoms with van der Waals surface area (Å²) in [4.78, 5) is 14.0. The lowest BCUT2D eigenvalue weighted by atomic mass is 9.99. The molecule has 0 aromatic heterocycles. The van der Waals surface area contributed by atoms with E-state index in [1.807, 2.05) is 0 Å². The van der Waals surface area contributed by atoms with Crippen molar-refractivity contribution in [3.63, 3.8) is 0 Å². The fourth-order valence-corrected chi connectivity index (χ4v) is 3.50. The molecule has 1 saturated carbocycles. The largest absolute Gasteiger partial charge is 0.383 e. The van der Waals surface area contributed by atoms with Crippen LogP contribution in [0.15, 0.2) is 0 Å². The molecule has 2 fully saturated rings. The Morgan fingerprint density at radius 2 is 2.10 bits per heavy atom. The van der Waals surface area contributed by atoms with E-state index in [1.54, 1.807) is 12.0 Å². The van der Waals surface area contributed by atoms with Gasteiger partial charge in [-0.3, -0.25) is 4.79 Å². The average molecular weight is 289 g/mol. The van der Waals surface area contributed by atoms with E-state index in [-0.39, 0.29) is 30.1 Å². The Labute approximate surface area is 126 Å². The second-order valence-electron chi connectivity index (χ2n) is 5.98. The minimum atomic E-state index is -0.387. The Kier molecular flexibility index (Phi) is 5.22. The Bertz CT molecular complexity index is 435. The van der Waals surface area contributed by atoms with Gasteiger partial charge in [0.2, 0.25) is 5.91 Å². The number of ether oxygens (including phenoxy) is 1. The summed E-state index contributed by atoms with van der Waals surface area (Å²) in [5.41, 5.74) is -0.0993. The highest BCUT2D eigenvalue weighted by molar-refractivity contribution is 5.80. The van der Waals surface area contributed by atoms with Crippen LogP contribution in [0.1, 0.15) is 38.5 Å². The molecule has 21 heavy (non-hydrogen) atoms. The van der Waals surface area contributed by atoms with Crippen LogP contribution in [-0.2, 0) is 9.53 Å². The highest BCUT2D eigenvalue weighted by Crippen LogP contribution is 2.30. The molecule has 0 unspecified atom stereocenters. The van der Waals surface area contributed by atoms with Crippen molar-refractivity contribution in [2.45, 2.75) is 56.1 Å². The van der Waals surface area contributed by atoms with Gasteiger partial charge in [0.1, 0.15) is 6.04 Å². The predicted octanol–water partition coefficient (Wildman–Crippen LogP) is 1.05. The molecule has 1 saturated heterocycles. The zero-order valence-electron chi connectivity index (χ0n) is 12.6. The molecule has 1 N–H and O–H groups in total. The third-order valence-corrected chi connectivity index (χ3v) is 4.61. The number of nitrogens with one attached hydrogen (secondary N) is 1. The summed E-state index contributed by atoms with van der Waals surface area (Å²) in [5, 5.41) is 12.5. The van der Waals surface area contributed by atoms with E-state index in [2.05, 4.69) is 17.3 Å². The van der Waals surface area contributed by atoms with Gasteiger partial charge in [-0.05, 0) is 25.7 Å². The highest BCUT2D eigenvalue weighted by Gasteiger charge is 2.38. The van der Waals surface area contributed by atoms with Crippen molar-refractivity contribution in [2.75, 3.05) is 20.3 Å². The van der Waals surface area contributed by atoms with Gasteiger partial charge < -0.3 is 15.0 Å². The number of carbonyl (C=O) groups excluding carboxylic acids is 1. The number of likely N-dealkylation sites (tertiary alicyclic amines) is 1. The van der Waals surface area contributed by atoms with Crippen molar-refractivity contribution in [2.24, 2.45) is 0 Å². The van der Waals surface area contributed by atoms with Gasteiger partial charge in [0, 0.05) is 12.6 Å². The molecule has 0 spiro atoms. The van der Waals surface area contributed by atoms with E-state index >= 15 is 0 Å². The van der Waals surface area contributed by atoms with Gasteiger partial charge in [0.05, 0.1) is 25.3 Å². The van der Waals surface area contributed by atoms with Gasteiger partial charge in [0.25, 0.3) is 0 Å². The first-order valence-electron chi connectivity index (χ1n) is 7.56. The monoisotopic (exact) mass is 289 g/mol. The molecular weight excluding hydrogens is 266 g/mol. The van der Waals surface area contributed by atoms with Crippen LogP contribution in [0, 0.1) is 23.7 Å². The number of nitriles is 1. The summed E-state index contributed by atoms with van der Waals surface area (Å²) in [5.74, 6) is 2.54. The van der Waals surface area contributed by atoms with Crippen molar-refractivity contribution >= 4 is 5.91 Å². The molecule has 2 aliphatic rings. The Hall–Kier alpha value is -1.56. The maximum absolute atomic E-state index is 12.5. The second kappa shape index (κ2) is 6.93. The van der Waals surface area contributed by atoms with Crippen LogP contribution in [0.2, 0.25) is 0 Å². The Morgan fingerprint density at radius 3 is 2.67 bits per heavy atom. The summed E-state index contributed by atoms with van der Waals surface area (Å²) in [7, 11) is 1.68. The number of hydrogen-bond acceptors (Lipinski definition) is 4. The lowest BCUT2D eigenvalue weighted by Gasteiger charge is -2.31. The normalized spacial score (nSPS) is 27.3. The van der Waals surface area contributed by atoms with E-state index < -0.39 is 0 Å². The summed E-state index contributed by atoms with van der Waals surface area (Å²) < 4.78 is 5.30. The molecule has 1 amide bonds. The summed E-state index contributed by atoms with van der Waals surface area (Å²) in [6.07, 6.45) is 11.2. The molecule has 5 heteroatoms. The number of rotatable bonds is 5. The summed E-state index contributed by atoms with van der Waals surface area (Å²) >= 11 is 0. The molecule has 5 nitrogen and oxygen atoms in total. The number of amides is 1. The average Bonchev–Trinajstić information content (AvgIpc) is 3.11. The van der Waals surface area contributed by atoms with Crippen molar-refractivity contribution in [3.05, 3.63) is 0 Å². The first-order valence-corrected chi connectivity index (χ1v) is 7.56. The van der Waals surface area contributed by atoms with Crippen LogP contribution >= 0.6 is 0 Å². The van der Waals surface area contributed by atoms with Crippen molar-refractivity contribution in [1.29, 1.82) is 5.26 Å². The summed E-state index contributed by atoms with van der Waals surface area (Å²) in [6.45, 7) is 0.834. The minimum absolute atomic E-state index is 0.0793. The third-order valence-electron chi connectivity index (χ3n) is 4.61. The van der Waals surface area contributed by atoms with Gasteiger partial charge in [-0.1, -0.05) is 18.8 Å². The zero-order chi connectivity index (χ0) is 15.3. The molecule has 0 radical (unpaired) electrons. The van der Waals surface area contributed by atoms with Gasteiger partial charge in [0.15, 0.2) is 0 Å². The Balaban J connectivity index is 1.97. The fourth-order valence-electron chi connectivity index (χ4n) is 3.50.